The fourth-order valence-electron chi connectivity index (χ4n) is 1.79. The van der Waals surface area contributed by atoms with Gasteiger partial charge in [0.1, 0.15) is 11.6 Å². The van der Waals surface area contributed by atoms with Crippen molar-refractivity contribution in [2.75, 3.05) is 0 Å². The lowest BCUT2D eigenvalue weighted by Gasteiger charge is -2.07. The number of hydrogen-bond donors (Lipinski definition) is 0. The summed E-state index contributed by atoms with van der Waals surface area (Å²) in [7, 11) is 0. The van der Waals surface area contributed by atoms with Gasteiger partial charge in [0.15, 0.2) is 5.78 Å². The second-order valence-corrected chi connectivity index (χ2v) is 5.29. The monoisotopic (exact) mass is 324 g/mol. The molecule has 0 aliphatic rings. The van der Waals surface area contributed by atoms with Gasteiger partial charge in [-0.2, -0.15) is 0 Å². The predicted molar refractivity (Wildman–Crippen MR) is 73.4 cm³/mol. The van der Waals surface area contributed by atoms with E-state index in [9.17, 15) is 13.6 Å². The smallest absolute Gasteiger partial charge is 0.198 e. The molecule has 0 amide bonds. The first kappa shape index (κ1) is 13.9. The Hall–Kier alpha value is -1.55. The molecule has 98 valence electrons. The van der Waals surface area contributed by atoms with Gasteiger partial charge in [0.05, 0.1) is 5.56 Å². The van der Waals surface area contributed by atoms with Crippen LogP contribution in [0.15, 0.2) is 34.8 Å². The number of hydrogen-bond acceptors (Lipinski definition) is 1. The highest BCUT2D eigenvalue weighted by Crippen LogP contribution is 2.23. The van der Waals surface area contributed by atoms with Crippen molar-refractivity contribution in [2.45, 2.75) is 13.8 Å². The molecule has 0 spiro atoms. The van der Waals surface area contributed by atoms with E-state index in [0.29, 0.717) is 0 Å². The molecule has 0 aliphatic carbocycles. The number of halogens is 3. The molecule has 0 unspecified atom stereocenters. The van der Waals surface area contributed by atoms with Gasteiger partial charge in [-0.05, 0) is 43.2 Å². The van der Waals surface area contributed by atoms with Crippen LogP contribution in [-0.4, -0.2) is 5.78 Å². The van der Waals surface area contributed by atoms with E-state index in [1.807, 2.05) is 13.8 Å². The molecule has 0 radical (unpaired) electrons. The van der Waals surface area contributed by atoms with Crippen molar-refractivity contribution in [2.24, 2.45) is 0 Å². The van der Waals surface area contributed by atoms with Gasteiger partial charge in [-0.15, -0.1) is 0 Å². The van der Waals surface area contributed by atoms with Gasteiger partial charge in [-0.25, -0.2) is 8.78 Å². The third kappa shape index (κ3) is 2.73. The molecule has 2 aromatic rings. The van der Waals surface area contributed by atoms with Crippen LogP contribution < -0.4 is 0 Å². The van der Waals surface area contributed by atoms with E-state index >= 15 is 0 Å². The lowest BCUT2D eigenvalue weighted by Crippen LogP contribution is -2.08. The zero-order chi connectivity index (χ0) is 14.2. The lowest BCUT2D eigenvalue weighted by molar-refractivity contribution is 0.103. The van der Waals surface area contributed by atoms with E-state index in [0.717, 1.165) is 23.3 Å². The largest absolute Gasteiger partial charge is 0.288 e. The average Bonchev–Trinajstić information content (AvgIpc) is 2.31. The molecule has 4 heteroatoms. The molecule has 1 nitrogen and oxygen atoms in total. The number of carbonyl (C=O) groups excluding carboxylic acids is 1. The van der Waals surface area contributed by atoms with Crippen molar-refractivity contribution in [3.05, 3.63) is 68.7 Å². The quantitative estimate of drug-likeness (QED) is 0.739. The zero-order valence-corrected chi connectivity index (χ0v) is 12.0. The molecule has 0 fully saturated rings. The molecule has 0 atom stereocenters. The molecule has 0 saturated carbocycles. The minimum Gasteiger partial charge on any atom is -0.288 e. The number of benzene rings is 2. The Morgan fingerprint density at radius 1 is 1.00 bits per heavy atom. The number of rotatable bonds is 2. The summed E-state index contributed by atoms with van der Waals surface area (Å²) in [5.74, 6) is -2.38. The van der Waals surface area contributed by atoms with Crippen molar-refractivity contribution in [1.29, 1.82) is 0 Å². The van der Waals surface area contributed by atoms with Gasteiger partial charge >= 0.3 is 0 Å². The van der Waals surface area contributed by atoms with Crippen LogP contribution in [0.1, 0.15) is 27.0 Å². The fraction of sp³-hybridized carbons (Fsp3) is 0.133. The summed E-state index contributed by atoms with van der Waals surface area (Å²) in [5.41, 5.74) is 1.69. The first-order valence-corrected chi connectivity index (χ1v) is 6.46. The third-order valence-corrected chi connectivity index (χ3v) is 3.46. The van der Waals surface area contributed by atoms with E-state index in [-0.39, 0.29) is 10.0 Å². The van der Waals surface area contributed by atoms with E-state index in [1.165, 1.54) is 0 Å². The van der Waals surface area contributed by atoms with Crippen LogP contribution in [0, 0.1) is 25.5 Å². The molecule has 19 heavy (non-hydrogen) atoms. The van der Waals surface area contributed by atoms with E-state index < -0.39 is 23.0 Å². The van der Waals surface area contributed by atoms with Crippen LogP contribution in [-0.2, 0) is 0 Å². The molecule has 2 aromatic carbocycles. The highest BCUT2D eigenvalue weighted by Gasteiger charge is 2.20. The maximum atomic E-state index is 13.7. The zero-order valence-electron chi connectivity index (χ0n) is 10.4. The molecule has 0 aromatic heterocycles. The molecule has 2 rings (SSSR count). The maximum Gasteiger partial charge on any atom is 0.198 e. The first-order chi connectivity index (χ1) is 8.90. The molecule has 0 heterocycles. The Morgan fingerprint density at radius 2 is 1.58 bits per heavy atom. The summed E-state index contributed by atoms with van der Waals surface area (Å²) < 4.78 is 27.7. The maximum absolute atomic E-state index is 13.7. The first-order valence-electron chi connectivity index (χ1n) is 5.66. The van der Waals surface area contributed by atoms with Gasteiger partial charge in [-0.1, -0.05) is 28.1 Å². The summed E-state index contributed by atoms with van der Waals surface area (Å²) in [6.45, 7) is 3.75. The van der Waals surface area contributed by atoms with E-state index in [1.54, 1.807) is 18.2 Å². The Labute approximate surface area is 118 Å². The van der Waals surface area contributed by atoms with Crippen LogP contribution in [0.25, 0.3) is 0 Å². The van der Waals surface area contributed by atoms with Gasteiger partial charge in [-0.3, -0.25) is 4.79 Å². The minimum atomic E-state index is -0.866. The molecule has 0 aliphatic heterocycles. The molecule has 0 bridgehead atoms. The standard InChI is InChI=1S/C15H11BrF2O/c1-8-3-4-10(5-9(8)2)15(19)14-12(17)6-11(16)7-13(14)18/h3-7H,1-2H3. The molecule has 0 N–H and O–H groups in total. The van der Waals surface area contributed by atoms with Crippen molar-refractivity contribution in [3.8, 4) is 0 Å². The summed E-state index contributed by atoms with van der Waals surface area (Å²) in [6.07, 6.45) is 0. The third-order valence-electron chi connectivity index (χ3n) is 3.00. The lowest BCUT2D eigenvalue weighted by atomic mass is 9.98. The number of carbonyl (C=O) groups is 1. The normalized spacial score (nSPS) is 10.6. The van der Waals surface area contributed by atoms with Crippen molar-refractivity contribution >= 4 is 21.7 Å². The summed E-state index contributed by atoms with van der Waals surface area (Å²) in [6, 6.07) is 7.14. The highest BCUT2D eigenvalue weighted by atomic mass is 79.9. The number of aryl methyl sites for hydroxylation is 2. The Kier molecular flexibility index (Phi) is 3.80. The summed E-state index contributed by atoms with van der Waals surface area (Å²) in [4.78, 5) is 12.2. The highest BCUT2D eigenvalue weighted by molar-refractivity contribution is 9.10. The second kappa shape index (κ2) is 5.21. The van der Waals surface area contributed by atoms with Crippen LogP contribution >= 0.6 is 15.9 Å². The molecule has 0 saturated heterocycles. The summed E-state index contributed by atoms with van der Waals surface area (Å²) >= 11 is 2.98. The van der Waals surface area contributed by atoms with Gasteiger partial charge in [0, 0.05) is 10.0 Å². The van der Waals surface area contributed by atoms with E-state index in [4.69, 9.17) is 0 Å². The van der Waals surface area contributed by atoms with Gasteiger partial charge < -0.3 is 0 Å². The SMILES string of the molecule is Cc1ccc(C(=O)c2c(F)cc(Br)cc2F)cc1C. The van der Waals surface area contributed by atoms with Crippen LogP contribution in [0.2, 0.25) is 0 Å². The topological polar surface area (TPSA) is 17.1 Å². The van der Waals surface area contributed by atoms with Crippen LogP contribution in [0.4, 0.5) is 8.78 Å². The van der Waals surface area contributed by atoms with Crippen molar-refractivity contribution in [1.82, 2.24) is 0 Å². The predicted octanol–water partition coefficient (Wildman–Crippen LogP) is 4.58. The van der Waals surface area contributed by atoms with E-state index in [2.05, 4.69) is 15.9 Å². The van der Waals surface area contributed by atoms with Gasteiger partial charge in [0.25, 0.3) is 0 Å². The Balaban J connectivity index is 2.53. The van der Waals surface area contributed by atoms with Gasteiger partial charge in [0.2, 0.25) is 0 Å². The minimum absolute atomic E-state index is 0.263. The van der Waals surface area contributed by atoms with Crippen LogP contribution in [0.5, 0.6) is 0 Å². The fourth-order valence-corrected chi connectivity index (χ4v) is 2.19. The number of ketones is 1. The molecular formula is C15H11BrF2O. The average molecular weight is 325 g/mol. The second-order valence-electron chi connectivity index (χ2n) is 4.37. The van der Waals surface area contributed by atoms with Crippen molar-refractivity contribution < 1.29 is 13.6 Å². The Morgan fingerprint density at radius 3 is 2.11 bits per heavy atom. The molecular weight excluding hydrogens is 314 g/mol. The van der Waals surface area contributed by atoms with Crippen molar-refractivity contribution in [3.63, 3.8) is 0 Å². The van der Waals surface area contributed by atoms with Crippen LogP contribution in [0.3, 0.4) is 0 Å². The Bertz CT molecular complexity index is 642. The summed E-state index contributed by atoms with van der Waals surface area (Å²) in [5, 5.41) is 0.